The third-order valence-electron chi connectivity index (χ3n) is 3.57. The molecule has 0 spiro atoms. The van der Waals surface area contributed by atoms with Crippen LogP contribution in [0.15, 0.2) is 65.4 Å². The standard InChI is InChI=1S/C18H13N3OS/c22-18(13-8-9-23-11-13)19-14-5-3-4-12(10-14)17-20-15-6-1-2-7-16(15)21-17/h1-11H,(H,19,22)(H,20,21). The van der Waals surface area contributed by atoms with Crippen LogP contribution in [0.25, 0.3) is 22.4 Å². The summed E-state index contributed by atoms with van der Waals surface area (Å²) in [5.41, 5.74) is 4.28. The lowest BCUT2D eigenvalue weighted by Gasteiger charge is -2.05. The first-order valence-corrected chi connectivity index (χ1v) is 8.12. The number of anilines is 1. The minimum absolute atomic E-state index is 0.104. The van der Waals surface area contributed by atoms with Gasteiger partial charge in [0.05, 0.1) is 16.6 Å². The van der Waals surface area contributed by atoms with Crippen LogP contribution in [0.3, 0.4) is 0 Å². The summed E-state index contributed by atoms with van der Waals surface area (Å²) in [5, 5.41) is 6.63. The van der Waals surface area contributed by atoms with Gasteiger partial charge in [-0.2, -0.15) is 11.3 Å². The first-order valence-electron chi connectivity index (χ1n) is 7.18. The number of rotatable bonds is 3. The number of hydrogen-bond acceptors (Lipinski definition) is 3. The van der Waals surface area contributed by atoms with Crippen LogP contribution in [0.1, 0.15) is 10.4 Å². The Morgan fingerprint density at radius 1 is 1.09 bits per heavy atom. The number of para-hydroxylation sites is 2. The fourth-order valence-electron chi connectivity index (χ4n) is 2.43. The van der Waals surface area contributed by atoms with Crippen molar-refractivity contribution < 1.29 is 4.79 Å². The van der Waals surface area contributed by atoms with E-state index in [2.05, 4.69) is 15.3 Å². The molecule has 2 aromatic carbocycles. The molecule has 2 aromatic heterocycles. The third kappa shape index (κ3) is 2.74. The number of thiophene rings is 1. The number of amides is 1. The Labute approximate surface area is 136 Å². The highest BCUT2D eigenvalue weighted by molar-refractivity contribution is 7.08. The zero-order valence-corrected chi connectivity index (χ0v) is 12.9. The van der Waals surface area contributed by atoms with Gasteiger partial charge in [-0.25, -0.2) is 4.98 Å². The van der Waals surface area contributed by atoms with E-state index in [0.29, 0.717) is 5.56 Å². The first-order chi connectivity index (χ1) is 11.3. The van der Waals surface area contributed by atoms with Crippen LogP contribution in [0, 0.1) is 0 Å². The summed E-state index contributed by atoms with van der Waals surface area (Å²) in [6.07, 6.45) is 0. The molecule has 5 heteroatoms. The lowest BCUT2D eigenvalue weighted by molar-refractivity contribution is 0.102. The Hall–Kier alpha value is -2.92. The molecule has 0 aliphatic carbocycles. The van der Waals surface area contributed by atoms with E-state index < -0.39 is 0 Å². The second kappa shape index (κ2) is 5.70. The largest absolute Gasteiger partial charge is 0.338 e. The van der Waals surface area contributed by atoms with Gasteiger partial charge in [-0.1, -0.05) is 24.3 Å². The molecule has 0 atom stereocenters. The maximum Gasteiger partial charge on any atom is 0.256 e. The monoisotopic (exact) mass is 319 g/mol. The fraction of sp³-hybridized carbons (Fsp3) is 0. The van der Waals surface area contributed by atoms with Crippen molar-refractivity contribution in [1.82, 2.24) is 9.97 Å². The van der Waals surface area contributed by atoms with Gasteiger partial charge >= 0.3 is 0 Å². The Balaban J connectivity index is 1.64. The number of nitrogens with one attached hydrogen (secondary N) is 2. The molecule has 0 unspecified atom stereocenters. The molecule has 2 N–H and O–H groups in total. The Morgan fingerprint density at radius 3 is 2.83 bits per heavy atom. The molecule has 0 saturated heterocycles. The quantitative estimate of drug-likeness (QED) is 0.582. The molecule has 4 rings (SSSR count). The number of nitrogens with zero attached hydrogens (tertiary/aromatic N) is 1. The molecular formula is C18H13N3OS. The minimum atomic E-state index is -0.104. The maximum atomic E-state index is 12.1. The molecule has 4 nitrogen and oxygen atoms in total. The van der Waals surface area contributed by atoms with E-state index in [4.69, 9.17) is 0 Å². The van der Waals surface area contributed by atoms with E-state index in [0.717, 1.165) is 28.1 Å². The summed E-state index contributed by atoms with van der Waals surface area (Å²) in [4.78, 5) is 20.0. The van der Waals surface area contributed by atoms with Crippen LogP contribution < -0.4 is 5.32 Å². The van der Waals surface area contributed by atoms with Crippen molar-refractivity contribution in [2.45, 2.75) is 0 Å². The van der Waals surface area contributed by atoms with Gasteiger partial charge in [-0.3, -0.25) is 4.79 Å². The van der Waals surface area contributed by atoms with Crippen LogP contribution in [0.4, 0.5) is 5.69 Å². The number of fused-ring (bicyclic) bond motifs is 1. The van der Waals surface area contributed by atoms with Crippen molar-refractivity contribution in [1.29, 1.82) is 0 Å². The number of carbonyl (C=O) groups excluding carboxylic acids is 1. The molecular weight excluding hydrogens is 306 g/mol. The Kier molecular flexibility index (Phi) is 3.40. The molecule has 0 fully saturated rings. The molecule has 0 saturated carbocycles. The molecule has 23 heavy (non-hydrogen) atoms. The van der Waals surface area contributed by atoms with Gasteiger partial charge in [0.1, 0.15) is 5.82 Å². The molecule has 1 amide bonds. The summed E-state index contributed by atoms with van der Waals surface area (Å²) >= 11 is 1.51. The molecule has 0 bridgehead atoms. The van der Waals surface area contributed by atoms with Crippen LogP contribution >= 0.6 is 11.3 Å². The molecule has 4 aromatic rings. The Morgan fingerprint density at radius 2 is 2.00 bits per heavy atom. The van der Waals surface area contributed by atoms with Gasteiger partial charge in [0, 0.05) is 16.6 Å². The smallest absolute Gasteiger partial charge is 0.256 e. The molecule has 0 aliphatic rings. The highest BCUT2D eigenvalue weighted by Gasteiger charge is 2.09. The van der Waals surface area contributed by atoms with E-state index in [1.165, 1.54) is 11.3 Å². The number of benzene rings is 2. The van der Waals surface area contributed by atoms with E-state index in [1.807, 2.05) is 65.4 Å². The van der Waals surface area contributed by atoms with Gasteiger partial charge in [0.25, 0.3) is 5.91 Å². The molecule has 112 valence electrons. The number of aromatic nitrogens is 2. The molecule has 2 heterocycles. The number of aromatic amines is 1. The molecule has 0 radical (unpaired) electrons. The van der Waals surface area contributed by atoms with Crippen LogP contribution in [-0.2, 0) is 0 Å². The zero-order chi connectivity index (χ0) is 15.6. The number of imidazole rings is 1. The summed E-state index contributed by atoms with van der Waals surface area (Å²) in [5.74, 6) is 0.686. The summed E-state index contributed by atoms with van der Waals surface area (Å²) < 4.78 is 0. The fourth-order valence-corrected chi connectivity index (χ4v) is 3.07. The maximum absolute atomic E-state index is 12.1. The predicted molar refractivity (Wildman–Crippen MR) is 93.8 cm³/mol. The van der Waals surface area contributed by atoms with E-state index in [1.54, 1.807) is 0 Å². The second-order valence-corrected chi connectivity index (χ2v) is 5.93. The van der Waals surface area contributed by atoms with Gasteiger partial charge < -0.3 is 10.3 Å². The summed E-state index contributed by atoms with van der Waals surface area (Å²) in [7, 11) is 0. The van der Waals surface area contributed by atoms with Crippen LogP contribution in [-0.4, -0.2) is 15.9 Å². The van der Waals surface area contributed by atoms with Crippen LogP contribution in [0.5, 0.6) is 0 Å². The number of hydrogen-bond donors (Lipinski definition) is 2. The van der Waals surface area contributed by atoms with E-state index in [-0.39, 0.29) is 5.91 Å². The SMILES string of the molecule is O=C(Nc1cccc(-c2nc3ccccc3[nH]2)c1)c1ccsc1. The van der Waals surface area contributed by atoms with Gasteiger partial charge in [-0.15, -0.1) is 0 Å². The number of H-pyrrole nitrogens is 1. The van der Waals surface area contributed by atoms with E-state index >= 15 is 0 Å². The Bertz CT molecular complexity index is 940. The van der Waals surface area contributed by atoms with Crippen molar-refractivity contribution in [3.05, 3.63) is 70.9 Å². The van der Waals surface area contributed by atoms with Crippen molar-refractivity contribution in [2.75, 3.05) is 5.32 Å². The highest BCUT2D eigenvalue weighted by atomic mass is 32.1. The van der Waals surface area contributed by atoms with Crippen LogP contribution in [0.2, 0.25) is 0 Å². The normalized spacial score (nSPS) is 10.8. The summed E-state index contributed by atoms with van der Waals surface area (Å²) in [6, 6.07) is 17.4. The average Bonchev–Trinajstić information content (AvgIpc) is 3.24. The van der Waals surface area contributed by atoms with Crippen molar-refractivity contribution in [3.8, 4) is 11.4 Å². The van der Waals surface area contributed by atoms with Gasteiger partial charge in [0.2, 0.25) is 0 Å². The second-order valence-electron chi connectivity index (χ2n) is 5.15. The van der Waals surface area contributed by atoms with Gasteiger partial charge in [0.15, 0.2) is 0 Å². The average molecular weight is 319 g/mol. The highest BCUT2D eigenvalue weighted by Crippen LogP contribution is 2.23. The van der Waals surface area contributed by atoms with Crippen molar-refractivity contribution in [3.63, 3.8) is 0 Å². The first kappa shape index (κ1) is 13.7. The number of carbonyl (C=O) groups is 1. The van der Waals surface area contributed by atoms with Gasteiger partial charge in [-0.05, 0) is 35.7 Å². The lowest BCUT2D eigenvalue weighted by Crippen LogP contribution is -2.10. The van der Waals surface area contributed by atoms with Crippen molar-refractivity contribution in [2.24, 2.45) is 0 Å². The lowest BCUT2D eigenvalue weighted by atomic mass is 10.2. The van der Waals surface area contributed by atoms with Crippen molar-refractivity contribution >= 4 is 34.0 Å². The molecule has 0 aliphatic heterocycles. The summed E-state index contributed by atoms with van der Waals surface area (Å²) in [6.45, 7) is 0. The van der Waals surface area contributed by atoms with E-state index in [9.17, 15) is 4.79 Å². The minimum Gasteiger partial charge on any atom is -0.338 e. The topological polar surface area (TPSA) is 57.8 Å². The predicted octanol–water partition coefficient (Wildman–Crippen LogP) is 4.54. The third-order valence-corrected chi connectivity index (χ3v) is 4.25. The zero-order valence-electron chi connectivity index (χ0n) is 12.1.